The normalized spacial score (nSPS) is 24.3. The van der Waals surface area contributed by atoms with Crippen molar-refractivity contribution in [1.82, 2.24) is 0 Å². The van der Waals surface area contributed by atoms with E-state index in [0.717, 1.165) is 12.8 Å². The van der Waals surface area contributed by atoms with Gasteiger partial charge in [-0.15, -0.1) is 0 Å². The molecule has 4 heteroatoms. The molecular weight excluding hydrogens is 292 g/mol. The third kappa shape index (κ3) is 4.47. The van der Waals surface area contributed by atoms with Crippen LogP contribution in [0.3, 0.4) is 0 Å². The molecule has 0 bridgehead atoms. The topological polar surface area (TPSA) is 44.8 Å². The molecule has 0 radical (unpaired) electrons. The Labute approximate surface area is 139 Å². The number of hydrogen-bond acceptors (Lipinski definition) is 4. The van der Waals surface area contributed by atoms with Gasteiger partial charge in [-0.1, -0.05) is 20.8 Å². The third-order valence-corrected chi connectivity index (χ3v) is 4.37. The summed E-state index contributed by atoms with van der Waals surface area (Å²) in [5.41, 5.74) is -0.285. The molecule has 0 spiro atoms. The maximum atomic E-state index is 12.5. The SMILES string of the molecule is CCOC(C)Oc1ccc(OC(=O)C2(CC(C)C)C[C@H]2C)cc1. The third-order valence-electron chi connectivity index (χ3n) is 4.37. The van der Waals surface area contributed by atoms with E-state index in [1.807, 2.05) is 13.8 Å². The van der Waals surface area contributed by atoms with Crippen LogP contribution in [0.1, 0.15) is 47.5 Å². The van der Waals surface area contributed by atoms with E-state index in [9.17, 15) is 4.79 Å². The van der Waals surface area contributed by atoms with Crippen molar-refractivity contribution in [1.29, 1.82) is 0 Å². The monoisotopic (exact) mass is 320 g/mol. The van der Waals surface area contributed by atoms with Crippen molar-refractivity contribution in [3.8, 4) is 11.5 Å². The molecule has 0 heterocycles. The molecule has 0 saturated heterocycles. The average Bonchev–Trinajstić information content (AvgIpc) is 3.11. The van der Waals surface area contributed by atoms with Gasteiger partial charge < -0.3 is 14.2 Å². The van der Waals surface area contributed by atoms with E-state index in [1.165, 1.54) is 0 Å². The Balaban J connectivity index is 1.94. The van der Waals surface area contributed by atoms with Crippen LogP contribution in [0.2, 0.25) is 0 Å². The van der Waals surface area contributed by atoms with Gasteiger partial charge >= 0.3 is 5.97 Å². The van der Waals surface area contributed by atoms with Crippen molar-refractivity contribution in [2.45, 2.75) is 53.8 Å². The van der Waals surface area contributed by atoms with Crippen LogP contribution in [0.5, 0.6) is 11.5 Å². The highest BCUT2D eigenvalue weighted by molar-refractivity contribution is 5.82. The molecule has 1 aromatic carbocycles. The zero-order valence-corrected chi connectivity index (χ0v) is 14.8. The highest BCUT2D eigenvalue weighted by Crippen LogP contribution is 2.57. The molecule has 23 heavy (non-hydrogen) atoms. The summed E-state index contributed by atoms with van der Waals surface area (Å²) >= 11 is 0. The minimum absolute atomic E-state index is 0.102. The molecule has 3 atom stereocenters. The molecular formula is C19H28O4. The summed E-state index contributed by atoms with van der Waals surface area (Å²) < 4.78 is 16.5. The Morgan fingerprint density at radius 2 is 1.78 bits per heavy atom. The van der Waals surface area contributed by atoms with Gasteiger partial charge in [-0.3, -0.25) is 4.79 Å². The van der Waals surface area contributed by atoms with Crippen molar-refractivity contribution >= 4 is 5.97 Å². The summed E-state index contributed by atoms with van der Waals surface area (Å²) in [4.78, 5) is 12.5. The number of hydrogen-bond donors (Lipinski definition) is 0. The maximum absolute atomic E-state index is 12.5. The second-order valence-electron chi connectivity index (χ2n) is 6.86. The van der Waals surface area contributed by atoms with Gasteiger partial charge in [0, 0.05) is 6.61 Å². The van der Waals surface area contributed by atoms with Gasteiger partial charge in [0.15, 0.2) is 6.29 Å². The predicted octanol–water partition coefficient (Wildman–Crippen LogP) is 4.43. The molecule has 0 amide bonds. The molecule has 2 rings (SSSR count). The number of esters is 1. The summed E-state index contributed by atoms with van der Waals surface area (Å²) in [6.45, 7) is 10.8. The minimum Gasteiger partial charge on any atom is -0.465 e. The van der Waals surface area contributed by atoms with Gasteiger partial charge in [0.1, 0.15) is 11.5 Å². The number of rotatable bonds is 8. The quantitative estimate of drug-likeness (QED) is 0.404. The van der Waals surface area contributed by atoms with Gasteiger partial charge in [0.25, 0.3) is 0 Å². The number of carbonyl (C=O) groups excluding carboxylic acids is 1. The Kier molecular flexibility index (Phi) is 5.69. The number of carbonyl (C=O) groups is 1. The lowest BCUT2D eigenvalue weighted by molar-refractivity contribution is -0.141. The van der Waals surface area contributed by atoms with Crippen molar-refractivity contribution in [3.05, 3.63) is 24.3 Å². The molecule has 1 fully saturated rings. The van der Waals surface area contributed by atoms with E-state index in [2.05, 4.69) is 20.8 Å². The number of ether oxygens (including phenoxy) is 3. The average molecular weight is 320 g/mol. The first-order chi connectivity index (χ1) is 10.9. The molecule has 4 nitrogen and oxygen atoms in total. The van der Waals surface area contributed by atoms with Gasteiger partial charge in [0.2, 0.25) is 0 Å². The Bertz CT molecular complexity index is 523. The Hall–Kier alpha value is -1.55. The van der Waals surface area contributed by atoms with Crippen molar-refractivity contribution in [2.75, 3.05) is 6.61 Å². The zero-order valence-electron chi connectivity index (χ0n) is 14.8. The molecule has 128 valence electrons. The summed E-state index contributed by atoms with van der Waals surface area (Å²) in [5, 5.41) is 0. The molecule has 0 N–H and O–H groups in total. The lowest BCUT2D eigenvalue weighted by atomic mass is 9.92. The summed E-state index contributed by atoms with van der Waals surface area (Å²) in [6, 6.07) is 7.12. The van der Waals surface area contributed by atoms with Crippen LogP contribution in [0, 0.1) is 17.3 Å². The van der Waals surface area contributed by atoms with Crippen LogP contribution >= 0.6 is 0 Å². The van der Waals surface area contributed by atoms with Crippen molar-refractivity contribution in [2.24, 2.45) is 17.3 Å². The van der Waals surface area contributed by atoms with Gasteiger partial charge in [-0.05, 0) is 62.8 Å². The first kappa shape index (κ1) is 17.8. The van der Waals surface area contributed by atoms with Gasteiger partial charge in [0.05, 0.1) is 5.41 Å². The Morgan fingerprint density at radius 3 is 2.26 bits per heavy atom. The Morgan fingerprint density at radius 1 is 1.22 bits per heavy atom. The molecule has 0 aromatic heterocycles. The molecule has 2 unspecified atom stereocenters. The van der Waals surface area contributed by atoms with E-state index < -0.39 is 0 Å². The second-order valence-corrected chi connectivity index (χ2v) is 6.86. The smallest absolute Gasteiger partial charge is 0.317 e. The van der Waals surface area contributed by atoms with Crippen LogP contribution in [0.15, 0.2) is 24.3 Å². The van der Waals surface area contributed by atoms with Gasteiger partial charge in [-0.25, -0.2) is 0 Å². The van der Waals surface area contributed by atoms with E-state index >= 15 is 0 Å². The van der Waals surface area contributed by atoms with Crippen LogP contribution in [-0.2, 0) is 9.53 Å². The fraction of sp³-hybridized carbons (Fsp3) is 0.632. The highest BCUT2D eigenvalue weighted by atomic mass is 16.7. The van der Waals surface area contributed by atoms with E-state index in [4.69, 9.17) is 14.2 Å². The molecule has 1 saturated carbocycles. The van der Waals surface area contributed by atoms with Gasteiger partial charge in [-0.2, -0.15) is 0 Å². The second kappa shape index (κ2) is 7.35. The van der Waals surface area contributed by atoms with Crippen LogP contribution in [0.4, 0.5) is 0 Å². The summed E-state index contributed by atoms with van der Waals surface area (Å²) in [6.07, 6.45) is 1.52. The first-order valence-electron chi connectivity index (χ1n) is 8.48. The lowest BCUT2D eigenvalue weighted by Crippen LogP contribution is -2.25. The van der Waals surface area contributed by atoms with E-state index in [1.54, 1.807) is 24.3 Å². The van der Waals surface area contributed by atoms with E-state index in [0.29, 0.717) is 29.9 Å². The standard InChI is InChI=1S/C19H28O4/c1-6-21-15(5)22-16-7-9-17(10-8-16)23-18(20)19(11-13(2)3)12-14(19)4/h7-10,13-15H,6,11-12H2,1-5H3/t14-,15?,19?/m1/s1. The van der Waals surface area contributed by atoms with E-state index in [-0.39, 0.29) is 17.7 Å². The van der Waals surface area contributed by atoms with Crippen LogP contribution in [0.25, 0.3) is 0 Å². The summed E-state index contributed by atoms with van der Waals surface area (Å²) in [7, 11) is 0. The molecule has 0 aliphatic heterocycles. The highest BCUT2D eigenvalue weighted by Gasteiger charge is 2.58. The number of benzene rings is 1. The molecule has 1 aliphatic rings. The molecule has 1 aromatic rings. The fourth-order valence-corrected chi connectivity index (χ4v) is 3.12. The fourth-order valence-electron chi connectivity index (χ4n) is 3.12. The maximum Gasteiger partial charge on any atom is 0.317 e. The lowest BCUT2D eigenvalue weighted by Gasteiger charge is -2.18. The van der Waals surface area contributed by atoms with Crippen molar-refractivity contribution < 1.29 is 19.0 Å². The van der Waals surface area contributed by atoms with Crippen molar-refractivity contribution in [3.63, 3.8) is 0 Å². The zero-order chi connectivity index (χ0) is 17.0. The largest absolute Gasteiger partial charge is 0.465 e. The predicted molar refractivity (Wildman–Crippen MR) is 89.5 cm³/mol. The first-order valence-corrected chi connectivity index (χ1v) is 8.48. The molecule has 1 aliphatic carbocycles. The minimum atomic E-state index is -0.296. The van der Waals surface area contributed by atoms with Crippen LogP contribution < -0.4 is 9.47 Å². The summed E-state index contributed by atoms with van der Waals surface area (Å²) in [5.74, 6) is 2.06. The van der Waals surface area contributed by atoms with Crippen LogP contribution in [-0.4, -0.2) is 18.9 Å².